The lowest BCUT2D eigenvalue weighted by Gasteiger charge is -2.16. The molecule has 0 radical (unpaired) electrons. The van der Waals surface area contributed by atoms with E-state index >= 15 is 0 Å². The molecule has 2 rings (SSSR count). The van der Waals surface area contributed by atoms with Gasteiger partial charge in [-0.15, -0.1) is 12.4 Å². The van der Waals surface area contributed by atoms with Gasteiger partial charge in [-0.25, -0.2) is 9.79 Å². The molecule has 9 N–H and O–H groups in total. The average Bonchev–Trinajstić information content (AvgIpc) is 2.81. The molecule has 0 fully saturated rings. The second-order valence-electron chi connectivity index (χ2n) is 7.15. The first-order valence-electron chi connectivity index (χ1n) is 10.2. The van der Waals surface area contributed by atoms with Crippen molar-refractivity contribution >= 4 is 59.3 Å². The fraction of sp³-hybridized carbons (Fsp3) is 0.182. The predicted octanol–water partition coefficient (Wildman–Crippen LogP) is -0.229. The summed E-state index contributed by atoms with van der Waals surface area (Å²) in [5, 5.41) is 18.4. The number of Topliss-reactive ketones (excluding diaryl/α,β-unsaturated/α-hetero) is 1. The quantitative estimate of drug-likeness (QED) is 0.133. The van der Waals surface area contributed by atoms with Gasteiger partial charge in [0.05, 0.1) is 18.8 Å². The van der Waals surface area contributed by atoms with Gasteiger partial charge < -0.3 is 32.5 Å². The Morgan fingerprint density at radius 3 is 2.25 bits per heavy atom. The minimum absolute atomic E-state index is 0. The summed E-state index contributed by atoms with van der Waals surface area (Å²) < 4.78 is 0. The van der Waals surface area contributed by atoms with Gasteiger partial charge in [0, 0.05) is 16.8 Å². The Hall–Kier alpha value is -4.49. The van der Waals surface area contributed by atoms with Crippen LogP contribution in [0.5, 0.6) is 0 Å². The van der Waals surface area contributed by atoms with Crippen molar-refractivity contribution in [3.05, 3.63) is 59.7 Å². The smallest absolute Gasteiger partial charge is 0.319 e. The molecule has 0 bridgehead atoms. The molecule has 0 aliphatic rings. The largest absolute Gasteiger partial charge is 0.394 e. The number of nitrogens with one attached hydrogen (secondary N) is 4. The molecule has 1 atom stereocenters. The van der Waals surface area contributed by atoms with Crippen LogP contribution in [0.4, 0.5) is 16.2 Å². The summed E-state index contributed by atoms with van der Waals surface area (Å²) in [6, 6.07) is 9.69. The molecule has 0 aromatic heterocycles. The van der Waals surface area contributed by atoms with Gasteiger partial charge >= 0.3 is 6.03 Å². The summed E-state index contributed by atoms with van der Waals surface area (Å²) in [5.74, 6) is -2.74. The van der Waals surface area contributed by atoms with E-state index in [0.29, 0.717) is 16.9 Å². The van der Waals surface area contributed by atoms with Gasteiger partial charge in [0.15, 0.2) is 11.7 Å². The summed E-state index contributed by atoms with van der Waals surface area (Å²) >= 11 is 0. The molecule has 0 heterocycles. The van der Waals surface area contributed by atoms with Gasteiger partial charge in [0.2, 0.25) is 11.8 Å². The second-order valence-corrected chi connectivity index (χ2v) is 7.15. The minimum Gasteiger partial charge on any atom is -0.394 e. The highest BCUT2D eigenvalue weighted by molar-refractivity contribution is 6.06. The van der Waals surface area contributed by atoms with Crippen molar-refractivity contribution in [2.75, 3.05) is 18.5 Å². The number of carbonyl (C=O) groups excluding carboxylic acids is 5. The first kappa shape index (κ1) is 29.5. The number of carbonyl (C=O) groups is 5. The number of hydrogen-bond donors (Lipinski definition) is 7. The highest BCUT2D eigenvalue weighted by atomic mass is 35.5. The second kappa shape index (κ2) is 14.0. The molecule has 14 heteroatoms. The minimum atomic E-state index is -1.38. The molecule has 0 saturated carbocycles. The zero-order valence-electron chi connectivity index (χ0n) is 19.1. The number of hydrogen-bond acceptors (Lipinski definition) is 7. The van der Waals surface area contributed by atoms with Crippen molar-refractivity contribution in [2.24, 2.45) is 16.5 Å². The SMILES string of the molecule is CC(=O)c1cccc(NC(=O)N[C@@H](CO)C(=O)NCC(=O)NC(=O)c2ccc(N=C(N)N)cc2)c1.Cl. The van der Waals surface area contributed by atoms with Crippen molar-refractivity contribution in [2.45, 2.75) is 13.0 Å². The number of rotatable bonds is 9. The van der Waals surface area contributed by atoms with Crippen LogP contribution in [0.25, 0.3) is 0 Å². The number of ketones is 1. The first-order chi connectivity index (χ1) is 16.6. The molecular formula is C22H26ClN7O6. The monoisotopic (exact) mass is 519 g/mol. The molecule has 36 heavy (non-hydrogen) atoms. The number of aliphatic imine (C=N–C) groups is 1. The Morgan fingerprint density at radius 2 is 1.67 bits per heavy atom. The molecule has 0 aliphatic carbocycles. The number of urea groups is 1. The van der Waals surface area contributed by atoms with E-state index in [2.05, 4.69) is 26.3 Å². The third-order valence-electron chi connectivity index (χ3n) is 4.40. The van der Waals surface area contributed by atoms with Crippen molar-refractivity contribution < 1.29 is 29.1 Å². The van der Waals surface area contributed by atoms with Crippen LogP contribution < -0.4 is 32.7 Å². The summed E-state index contributed by atoms with van der Waals surface area (Å²) in [5.41, 5.74) is 11.8. The Bertz CT molecular complexity index is 1150. The van der Waals surface area contributed by atoms with Gasteiger partial charge in [0.25, 0.3) is 5.91 Å². The van der Waals surface area contributed by atoms with Crippen LogP contribution in [-0.4, -0.2) is 59.8 Å². The lowest BCUT2D eigenvalue weighted by atomic mass is 10.1. The van der Waals surface area contributed by atoms with Gasteiger partial charge in [0.1, 0.15) is 6.04 Å². The fourth-order valence-electron chi connectivity index (χ4n) is 2.71. The van der Waals surface area contributed by atoms with Crippen LogP contribution in [0.15, 0.2) is 53.5 Å². The number of anilines is 1. The van der Waals surface area contributed by atoms with Crippen LogP contribution in [0.2, 0.25) is 0 Å². The van der Waals surface area contributed by atoms with Crippen LogP contribution in [0, 0.1) is 0 Å². The summed E-state index contributed by atoms with van der Waals surface area (Å²) in [6.45, 7) is 0.0340. The maximum Gasteiger partial charge on any atom is 0.319 e. The topological polar surface area (TPSA) is 218 Å². The number of nitrogens with zero attached hydrogens (tertiary/aromatic N) is 1. The Labute approximate surface area is 212 Å². The molecule has 192 valence electrons. The molecule has 0 unspecified atom stereocenters. The van der Waals surface area contributed by atoms with Crippen LogP contribution >= 0.6 is 12.4 Å². The number of amides is 5. The van der Waals surface area contributed by atoms with E-state index in [4.69, 9.17) is 11.5 Å². The van der Waals surface area contributed by atoms with Crippen molar-refractivity contribution in [3.8, 4) is 0 Å². The molecule has 5 amide bonds. The van der Waals surface area contributed by atoms with Gasteiger partial charge in [-0.1, -0.05) is 12.1 Å². The van der Waals surface area contributed by atoms with Gasteiger partial charge in [-0.05, 0) is 43.3 Å². The fourth-order valence-corrected chi connectivity index (χ4v) is 2.71. The van der Waals surface area contributed by atoms with E-state index in [-0.39, 0.29) is 29.7 Å². The molecule has 2 aromatic rings. The van der Waals surface area contributed by atoms with Crippen molar-refractivity contribution in [1.82, 2.24) is 16.0 Å². The van der Waals surface area contributed by atoms with E-state index in [1.165, 1.54) is 43.3 Å². The highest BCUT2D eigenvalue weighted by Gasteiger charge is 2.21. The summed E-state index contributed by atoms with van der Waals surface area (Å²) in [6.07, 6.45) is 0. The number of aliphatic hydroxyl groups is 1. The van der Waals surface area contributed by atoms with E-state index in [0.717, 1.165) is 0 Å². The average molecular weight is 520 g/mol. The number of aliphatic hydroxyl groups excluding tert-OH is 1. The Morgan fingerprint density at radius 1 is 1.00 bits per heavy atom. The summed E-state index contributed by atoms with van der Waals surface area (Å²) in [7, 11) is 0. The first-order valence-corrected chi connectivity index (χ1v) is 10.2. The Kier molecular flexibility index (Phi) is 11.5. The molecular weight excluding hydrogens is 494 g/mol. The van der Waals surface area contributed by atoms with E-state index in [9.17, 15) is 29.1 Å². The van der Waals surface area contributed by atoms with Gasteiger partial charge in [-0.2, -0.15) is 0 Å². The number of nitrogens with two attached hydrogens (primary N) is 2. The third-order valence-corrected chi connectivity index (χ3v) is 4.40. The van der Waals surface area contributed by atoms with Crippen LogP contribution in [-0.2, 0) is 9.59 Å². The maximum absolute atomic E-state index is 12.2. The highest BCUT2D eigenvalue weighted by Crippen LogP contribution is 2.13. The van der Waals surface area contributed by atoms with Crippen LogP contribution in [0.3, 0.4) is 0 Å². The lowest BCUT2D eigenvalue weighted by Crippen LogP contribution is -2.52. The zero-order valence-corrected chi connectivity index (χ0v) is 19.9. The van der Waals surface area contributed by atoms with Crippen molar-refractivity contribution in [1.29, 1.82) is 0 Å². The van der Waals surface area contributed by atoms with E-state index in [1.54, 1.807) is 12.1 Å². The summed E-state index contributed by atoms with van der Waals surface area (Å²) in [4.78, 5) is 63.8. The number of benzene rings is 2. The maximum atomic E-state index is 12.2. The van der Waals surface area contributed by atoms with E-state index < -0.39 is 42.9 Å². The third kappa shape index (κ3) is 9.40. The normalized spacial score (nSPS) is 10.6. The molecule has 0 saturated heterocycles. The van der Waals surface area contributed by atoms with Crippen molar-refractivity contribution in [3.63, 3.8) is 0 Å². The molecule has 0 aliphatic heterocycles. The molecule has 13 nitrogen and oxygen atoms in total. The lowest BCUT2D eigenvalue weighted by molar-refractivity contribution is -0.127. The zero-order chi connectivity index (χ0) is 26.0. The molecule has 0 spiro atoms. The standard InChI is InChI=1S/C22H25N7O6.ClH/c1-12(31)14-3-2-4-16(9-14)27-22(35)28-17(11-30)20(34)25-10-18(32)29-19(33)13-5-7-15(8-6-13)26-21(23)24;/h2-9,17,30H,10-11H2,1H3,(H,25,34)(H4,23,24,26)(H2,27,28,35)(H,29,32,33);1H/t17-;/m0./s1. The predicted molar refractivity (Wildman–Crippen MR) is 134 cm³/mol. The van der Waals surface area contributed by atoms with Gasteiger partial charge in [-0.3, -0.25) is 24.5 Å². The van der Waals surface area contributed by atoms with Crippen LogP contribution in [0.1, 0.15) is 27.6 Å². The number of halogens is 1. The van der Waals surface area contributed by atoms with E-state index in [1.807, 2.05) is 0 Å². The Balaban J connectivity index is 0.00000648. The number of guanidine groups is 1. The molecule has 2 aromatic carbocycles. The number of imide groups is 1.